The number of sulfone groups is 2. The van der Waals surface area contributed by atoms with Gasteiger partial charge in [0.2, 0.25) is 0 Å². The molecule has 1 aliphatic rings. The zero-order valence-electron chi connectivity index (χ0n) is 16.4. The second kappa shape index (κ2) is 8.73. The highest BCUT2D eigenvalue weighted by Crippen LogP contribution is 2.27. The summed E-state index contributed by atoms with van der Waals surface area (Å²) in [6.45, 7) is 2.68. The quantitative estimate of drug-likeness (QED) is 0.670. The maximum Gasteiger partial charge on any atom is 0.183 e. The Morgan fingerprint density at radius 1 is 1.00 bits per heavy atom. The predicted octanol–water partition coefficient (Wildman–Crippen LogP) is 1.82. The van der Waals surface area contributed by atoms with Crippen molar-refractivity contribution in [1.82, 2.24) is 5.32 Å². The highest BCUT2D eigenvalue weighted by molar-refractivity contribution is 7.96. The molecular formula is C20H25NO6S2. The van der Waals surface area contributed by atoms with Gasteiger partial charge in [0.25, 0.3) is 0 Å². The molecule has 1 saturated heterocycles. The van der Waals surface area contributed by atoms with Gasteiger partial charge in [-0.25, -0.2) is 16.8 Å². The SMILES string of the molecule is CCOc1ccc(S(=O)(=O)[C@@H]2CS(=O)(=O)C[C@H]2NCc2ccc(OC)cc2)cc1. The van der Waals surface area contributed by atoms with E-state index in [1.54, 1.807) is 31.4 Å². The maximum atomic E-state index is 13.1. The molecule has 0 aliphatic carbocycles. The third-order valence-electron chi connectivity index (χ3n) is 4.89. The molecule has 158 valence electrons. The number of benzene rings is 2. The number of nitrogens with one attached hydrogen (secondary N) is 1. The summed E-state index contributed by atoms with van der Waals surface area (Å²) in [6.07, 6.45) is 0. The molecule has 0 spiro atoms. The molecule has 1 fully saturated rings. The van der Waals surface area contributed by atoms with Crippen LogP contribution in [0.2, 0.25) is 0 Å². The van der Waals surface area contributed by atoms with Gasteiger partial charge in [-0.2, -0.15) is 0 Å². The van der Waals surface area contributed by atoms with Crippen molar-refractivity contribution < 1.29 is 26.3 Å². The van der Waals surface area contributed by atoms with Gasteiger partial charge in [-0.3, -0.25) is 0 Å². The van der Waals surface area contributed by atoms with Crippen molar-refractivity contribution >= 4 is 19.7 Å². The van der Waals surface area contributed by atoms with Crippen molar-refractivity contribution in [2.24, 2.45) is 0 Å². The van der Waals surface area contributed by atoms with Crippen LogP contribution in [-0.2, 0) is 26.2 Å². The van der Waals surface area contributed by atoms with Crippen molar-refractivity contribution in [3.05, 3.63) is 54.1 Å². The molecule has 9 heteroatoms. The summed E-state index contributed by atoms with van der Waals surface area (Å²) >= 11 is 0. The van der Waals surface area contributed by atoms with Crippen LogP contribution >= 0.6 is 0 Å². The Morgan fingerprint density at radius 2 is 1.62 bits per heavy atom. The average molecular weight is 440 g/mol. The van der Waals surface area contributed by atoms with Gasteiger partial charge in [-0.05, 0) is 48.9 Å². The second-order valence-electron chi connectivity index (χ2n) is 6.90. The molecule has 3 rings (SSSR count). The number of hydrogen-bond donors (Lipinski definition) is 1. The largest absolute Gasteiger partial charge is 0.497 e. The van der Waals surface area contributed by atoms with E-state index in [1.807, 2.05) is 19.1 Å². The molecule has 0 radical (unpaired) electrons. The fourth-order valence-electron chi connectivity index (χ4n) is 3.37. The third kappa shape index (κ3) is 5.09. The average Bonchev–Trinajstić information content (AvgIpc) is 3.03. The van der Waals surface area contributed by atoms with E-state index in [9.17, 15) is 16.8 Å². The Morgan fingerprint density at radius 3 is 2.21 bits per heavy atom. The van der Waals surface area contributed by atoms with Crippen LogP contribution in [0.5, 0.6) is 11.5 Å². The first-order valence-corrected chi connectivity index (χ1v) is 12.7. The molecule has 2 aromatic rings. The van der Waals surface area contributed by atoms with E-state index < -0.39 is 31.0 Å². The molecular weight excluding hydrogens is 414 g/mol. The fourth-order valence-corrected chi connectivity index (χ4v) is 8.09. The maximum absolute atomic E-state index is 13.1. The summed E-state index contributed by atoms with van der Waals surface area (Å²) in [5.74, 6) is 0.695. The molecule has 0 saturated carbocycles. The van der Waals surface area contributed by atoms with E-state index in [2.05, 4.69) is 5.32 Å². The predicted molar refractivity (Wildman–Crippen MR) is 111 cm³/mol. The van der Waals surface area contributed by atoms with Gasteiger partial charge in [-0.1, -0.05) is 12.1 Å². The standard InChI is InChI=1S/C20H25NO6S2/c1-3-27-17-8-10-18(11-9-17)29(24,25)20-14-28(22,23)13-19(20)21-12-15-4-6-16(26-2)7-5-15/h4-11,19-21H,3,12-14H2,1-2H3/t19-,20-/m1/s1. The van der Waals surface area contributed by atoms with Crippen molar-refractivity contribution in [3.63, 3.8) is 0 Å². The minimum Gasteiger partial charge on any atom is -0.497 e. The van der Waals surface area contributed by atoms with Crippen LogP contribution in [0.3, 0.4) is 0 Å². The van der Waals surface area contributed by atoms with E-state index in [0.717, 1.165) is 5.56 Å². The molecule has 0 amide bonds. The lowest BCUT2D eigenvalue weighted by molar-refractivity contribution is 0.340. The molecule has 7 nitrogen and oxygen atoms in total. The lowest BCUT2D eigenvalue weighted by Crippen LogP contribution is -2.43. The lowest BCUT2D eigenvalue weighted by atomic mass is 10.2. The molecule has 1 aliphatic heterocycles. The topological polar surface area (TPSA) is 98.8 Å². The van der Waals surface area contributed by atoms with E-state index >= 15 is 0 Å². The van der Waals surface area contributed by atoms with Gasteiger partial charge < -0.3 is 14.8 Å². The normalized spacial score (nSPS) is 21.0. The Bertz CT molecular complexity index is 1030. The van der Waals surface area contributed by atoms with Crippen LogP contribution in [0.4, 0.5) is 0 Å². The Labute approximate surface area is 171 Å². The number of ether oxygens (including phenoxy) is 2. The van der Waals surface area contributed by atoms with Crippen molar-refractivity contribution in [2.45, 2.75) is 29.7 Å². The minimum absolute atomic E-state index is 0.0966. The fraction of sp³-hybridized carbons (Fsp3) is 0.400. The molecule has 0 aromatic heterocycles. The smallest absolute Gasteiger partial charge is 0.183 e. The van der Waals surface area contributed by atoms with Gasteiger partial charge in [0, 0.05) is 12.6 Å². The summed E-state index contributed by atoms with van der Waals surface area (Å²) in [7, 11) is -5.70. The van der Waals surface area contributed by atoms with Crippen LogP contribution in [-0.4, -0.2) is 53.3 Å². The molecule has 1 N–H and O–H groups in total. The number of hydrogen-bond acceptors (Lipinski definition) is 7. The molecule has 0 bridgehead atoms. The zero-order chi connectivity index (χ0) is 21.1. The van der Waals surface area contributed by atoms with E-state index in [-0.39, 0.29) is 16.4 Å². The monoisotopic (exact) mass is 439 g/mol. The first kappa shape index (κ1) is 21.6. The van der Waals surface area contributed by atoms with E-state index in [4.69, 9.17) is 9.47 Å². The molecule has 2 atom stereocenters. The van der Waals surface area contributed by atoms with Crippen molar-refractivity contribution in [3.8, 4) is 11.5 Å². The van der Waals surface area contributed by atoms with Gasteiger partial charge in [0.05, 0.1) is 35.4 Å². The van der Waals surface area contributed by atoms with Crippen LogP contribution < -0.4 is 14.8 Å². The van der Waals surface area contributed by atoms with E-state index in [1.165, 1.54) is 12.1 Å². The zero-order valence-corrected chi connectivity index (χ0v) is 18.0. The van der Waals surface area contributed by atoms with Crippen LogP contribution in [0.15, 0.2) is 53.4 Å². The van der Waals surface area contributed by atoms with Gasteiger partial charge in [-0.15, -0.1) is 0 Å². The van der Waals surface area contributed by atoms with Crippen LogP contribution in [0.25, 0.3) is 0 Å². The van der Waals surface area contributed by atoms with Crippen molar-refractivity contribution in [1.29, 1.82) is 0 Å². The summed E-state index contributed by atoms with van der Waals surface area (Å²) < 4.78 is 61.2. The third-order valence-corrected chi connectivity index (χ3v) is 9.06. The minimum atomic E-state index is -3.82. The molecule has 2 aromatic carbocycles. The molecule has 29 heavy (non-hydrogen) atoms. The van der Waals surface area contributed by atoms with E-state index in [0.29, 0.717) is 24.7 Å². The Hall–Kier alpha value is -2.10. The number of rotatable bonds is 8. The number of methoxy groups -OCH3 is 1. The summed E-state index contributed by atoms with van der Waals surface area (Å²) in [4.78, 5) is 0.0966. The first-order chi connectivity index (χ1) is 13.7. The second-order valence-corrected chi connectivity index (χ2v) is 11.2. The highest BCUT2D eigenvalue weighted by Gasteiger charge is 2.45. The summed E-state index contributed by atoms with van der Waals surface area (Å²) in [6, 6.07) is 12.7. The van der Waals surface area contributed by atoms with Crippen LogP contribution in [0, 0.1) is 0 Å². The van der Waals surface area contributed by atoms with Crippen LogP contribution in [0.1, 0.15) is 12.5 Å². The Balaban J connectivity index is 1.79. The molecule has 0 unspecified atom stereocenters. The summed E-state index contributed by atoms with van der Waals surface area (Å²) in [5, 5.41) is 2.09. The highest BCUT2D eigenvalue weighted by atomic mass is 32.2. The van der Waals surface area contributed by atoms with Crippen molar-refractivity contribution in [2.75, 3.05) is 25.2 Å². The first-order valence-electron chi connectivity index (χ1n) is 9.28. The Kier molecular flexibility index (Phi) is 6.50. The summed E-state index contributed by atoms with van der Waals surface area (Å²) in [5.41, 5.74) is 0.910. The lowest BCUT2D eigenvalue weighted by Gasteiger charge is -2.20. The van der Waals surface area contributed by atoms with Gasteiger partial charge in [0.1, 0.15) is 11.5 Å². The molecule has 1 heterocycles. The van der Waals surface area contributed by atoms with Gasteiger partial charge >= 0.3 is 0 Å². The van der Waals surface area contributed by atoms with Gasteiger partial charge in [0.15, 0.2) is 19.7 Å².